The maximum atomic E-state index is 12.1. The van der Waals surface area contributed by atoms with Gasteiger partial charge >= 0.3 is 6.09 Å². The molecule has 116 valence electrons. The SMILES string of the molecule is COc1ccc(CCOC(=O)N2CCc3ccsc3C2)cc1. The first-order valence-electron chi connectivity index (χ1n) is 7.36. The average Bonchev–Trinajstić information content (AvgIpc) is 3.03. The quantitative estimate of drug-likeness (QED) is 0.866. The van der Waals surface area contributed by atoms with Crippen molar-refractivity contribution >= 4 is 17.4 Å². The second-order valence-electron chi connectivity index (χ2n) is 5.25. The van der Waals surface area contributed by atoms with Crippen LogP contribution in [0.25, 0.3) is 0 Å². The van der Waals surface area contributed by atoms with Crippen LogP contribution < -0.4 is 4.74 Å². The van der Waals surface area contributed by atoms with Crippen molar-refractivity contribution < 1.29 is 14.3 Å². The van der Waals surface area contributed by atoms with Gasteiger partial charge in [0.15, 0.2) is 0 Å². The Morgan fingerprint density at radius 2 is 2.09 bits per heavy atom. The number of carbonyl (C=O) groups is 1. The lowest BCUT2D eigenvalue weighted by Gasteiger charge is -2.26. The van der Waals surface area contributed by atoms with Gasteiger partial charge in [0.05, 0.1) is 20.3 Å². The van der Waals surface area contributed by atoms with E-state index >= 15 is 0 Å². The molecule has 0 bridgehead atoms. The highest BCUT2D eigenvalue weighted by atomic mass is 32.1. The lowest BCUT2D eigenvalue weighted by molar-refractivity contribution is 0.0993. The number of carbonyl (C=O) groups excluding carboxylic acids is 1. The van der Waals surface area contributed by atoms with Crippen LogP contribution in [0.4, 0.5) is 4.79 Å². The molecule has 0 atom stereocenters. The Labute approximate surface area is 134 Å². The van der Waals surface area contributed by atoms with Crippen LogP contribution in [0.15, 0.2) is 35.7 Å². The smallest absolute Gasteiger partial charge is 0.410 e. The first-order valence-corrected chi connectivity index (χ1v) is 8.24. The van der Waals surface area contributed by atoms with Gasteiger partial charge in [-0.1, -0.05) is 12.1 Å². The number of rotatable bonds is 4. The van der Waals surface area contributed by atoms with E-state index < -0.39 is 0 Å². The Morgan fingerprint density at radius 3 is 2.86 bits per heavy atom. The van der Waals surface area contributed by atoms with Gasteiger partial charge in [0.2, 0.25) is 0 Å². The predicted octanol–water partition coefficient (Wildman–Crippen LogP) is 3.49. The molecule has 0 saturated carbocycles. The van der Waals surface area contributed by atoms with Gasteiger partial charge < -0.3 is 14.4 Å². The van der Waals surface area contributed by atoms with Crippen LogP contribution in [0.3, 0.4) is 0 Å². The van der Waals surface area contributed by atoms with E-state index in [1.54, 1.807) is 23.3 Å². The average molecular weight is 317 g/mol. The van der Waals surface area contributed by atoms with E-state index in [1.165, 1.54) is 10.4 Å². The molecule has 0 unspecified atom stereocenters. The molecule has 2 heterocycles. The van der Waals surface area contributed by atoms with Gasteiger partial charge in [-0.15, -0.1) is 11.3 Å². The molecule has 0 radical (unpaired) electrons. The summed E-state index contributed by atoms with van der Waals surface area (Å²) in [6.45, 7) is 1.82. The van der Waals surface area contributed by atoms with Gasteiger partial charge in [0.1, 0.15) is 5.75 Å². The van der Waals surface area contributed by atoms with E-state index in [2.05, 4.69) is 11.4 Å². The monoisotopic (exact) mass is 317 g/mol. The van der Waals surface area contributed by atoms with Crippen molar-refractivity contribution in [3.8, 4) is 5.75 Å². The van der Waals surface area contributed by atoms with Crippen LogP contribution >= 0.6 is 11.3 Å². The van der Waals surface area contributed by atoms with Gasteiger partial charge in [0, 0.05) is 17.8 Å². The topological polar surface area (TPSA) is 38.8 Å². The number of hydrogen-bond donors (Lipinski definition) is 0. The predicted molar refractivity (Wildman–Crippen MR) is 86.5 cm³/mol. The van der Waals surface area contributed by atoms with Gasteiger partial charge in [-0.2, -0.15) is 0 Å². The fraction of sp³-hybridized carbons (Fsp3) is 0.353. The van der Waals surface area contributed by atoms with Gasteiger partial charge in [-0.3, -0.25) is 0 Å². The van der Waals surface area contributed by atoms with Crippen molar-refractivity contribution in [2.75, 3.05) is 20.3 Å². The van der Waals surface area contributed by atoms with E-state index in [4.69, 9.17) is 9.47 Å². The van der Waals surface area contributed by atoms with E-state index in [9.17, 15) is 4.79 Å². The highest BCUT2D eigenvalue weighted by Crippen LogP contribution is 2.24. The molecule has 2 aromatic rings. The Kier molecular flexibility index (Phi) is 4.63. The molecule has 5 heteroatoms. The first-order chi connectivity index (χ1) is 10.8. The maximum absolute atomic E-state index is 12.1. The third-order valence-corrected chi connectivity index (χ3v) is 4.80. The number of hydrogen-bond acceptors (Lipinski definition) is 4. The minimum absolute atomic E-state index is 0.215. The zero-order chi connectivity index (χ0) is 15.4. The van der Waals surface area contributed by atoms with Crippen LogP contribution in [-0.2, 0) is 24.1 Å². The molecular formula is C17H19NO3S. The zero-order valence-electron chi connectivity index (χ0n) is 12.6. The zero-order valence-corrected chi connectivity index (χ0v) is 13.4. The number of fused-ring (bicyclic) bond motifs is 1. The summed E-state index contributed by atoms with van der Waals surface area (Å²) in [5, 5.41) is 2.09. The summed E-state index contributed by atoms with van der Waals surface area (Å²) >= 11 is 1.71. The Hall–Kier alpha value is -2.01. The first kappa shape index (κ1) is 14.9. The fourth-order valence-corrected chi connectivity index (χ4v) is 3.48. The van der Waals surface area contributed by atoms with Crippen LogP contribution in [0, 0.1) is 0 Å². The lowest BCUT2D eigenvalue weighted by Crippen LogP contribution is -2.36. The largest absolute Gasteiger partial charge is 0.497 e. The molecule has 3 rings (SSSR count). The van der Waals surface area contributed by atoms with Crippen molar-refractivity contribution in [1.82, 2.24) is 4.90 Å². The molecule has 22 heavy (non-hydrogen) atoms. The summed E-state index contributed by atoms with van der Waals surface area (Å²) in [5.41, 5.74) is 2.50. The van der Waals surface area contributed by atoms with Crippen molar-refractivity contribution in [1.29, 1.82) is 0 Å². The van der Waals surface area contributed by atoms with Crippen LogP contribution in [0.5, 0.6) is 5.75 Å². The van der Waals surface area contributed by atoms with E-state index in [1.807, 2.05) is 24.3 Å². The molecular weight excluding hydrogens is 298 g/mol. The number of thiophene rings is 1. The van der Waals surface area contributed by atoms with Gasteiger partial charge in [-0.05, 0) is 41.1 Å². The summed E-state index contributed by atoms with van der Waals surface area (Å²) in [7, 11) is 1.65. The number of benzene rings is 1. The highest BCUT2D eigenvalue weighted by molar-refractivity contribution is 7.10. The minimum atomic E-state index is -0.215. The van der Waals surface area contributed by atoms with Gasteiger partial charge in [-0.25, -0.2) is 4.79 Å². The van der Waals surface area contributed by atoms with E-state index in [0.29, 0.717) is 19.6 Å². The number of methoxy groups -OCH3 is 1. The molecule has 0 aliphatic carbocycles. The Morgan fingerprint density at radius 1 is 1.27 bits per heavy atom. The van der Waals surface area contributed by atoms with Crippen molar-refractivity contribution in [2.45, 2.75) is 19.4 Å². The summed E-state index contributed by atoms with van der Waals surface area (Å²) in [5.74, 6) is 0.834. The molecule has 1 aliphatic rings. The molecule has 0 spiro atoms. The van der Waals surface area contributed by atoms with Gasteiger partial charge in [0.25, 0.3) is 0 Å². The molecule has 0 N–H and O–H groups in total. The fourth-order valence-electron chi connectivity index (χ4n) is 2.53. The minimum Gasteiger partial charge on any atom is -0.497 e. The highest BCUT2D eigenvalue weighted by Gasteiger charge is 2.22. The molecule has 4 nitrogen and oxygen atoms in total. The third kappa shape index (κ3) is 3.42. The number of ether oxygens (including phenoxy) is 2. The summed E-state index contributed by atoms with van der Waals surface area (Å²) in [6.07, 6.45) is 1.42. The molecule has 0 saturated heterocycles. The van der Waals surface area contributed by atoms with Crippen LogP contribution in [-0.4, -0.2) is 31.3 Å². The molecule has 1 aliphatic heterocycles. The second kappa shape index (κ2) is 6.83. The number of amides is 1. The molecule has 1 aromatic carbocycles. The third-order valence-electron chi connectivity index (χ3n) is 3.86. The number of nitrogens with zero attached hydrogens (tertiary/aromatic N) is 1. The van der Waals surface area contributed by atoms with Crippen LogP contribution in [0.2, 0.25) is 0 Å². The molecule has 0 fully saturated rings. The van der Waals surface area contributed by atoms with Crippen molar-refractivity contribution in [3.63, 3.8) is 0 Å². The summed E-state index contributed by atoms with van der Waals surface area (Å²) in [4.78, 5) is 15.2. The van der Waals surface area contributed by atoms with E-state index in [0.717, 1.165) is 24.3 Å². The lowest BCUT2D eigenvalue weighted by atomic mass is 10.1. The molecule has 1 amide bonds. The normalized spacial score (nSPS) is 13.6. The summed E-state index contributed by atoms with van der Waals surface area (Å²) < 4.78 is 10.5. The Balaban J connectivity index is 1.46. The van der Waals surface area contributed by atoms with Crippen molar-refractivity contribution in [2.24, 2.45) is 0 Å². The summed E-state index contributed by atoms with van der Waals surface area (Å²) in [6, 6.07) is 9.96. The van der Waals surface area contributed by atoms with Crippen molar-refractivity contribution in [3.05, 3.63) is 51.7 Å². The van der Waals surface area contributed by atoms with Crippen LogP contribution in [0.1, 0.15) is 16.0 Å². The standard InChI is InChI=1S/C17H19NO3S/c1-20-15-4-2-13(3-5-15)7-10-21-17(19)18-9-6-14-8-11-22-16(14)12-18/h2-5,8,11H,6-7,9-10,12H2,1H3. The molecule has 1 aromatic heterocycles. The second-order valence-corrected chi connectivity index (χ2v) is 6.25. The Bertz CT molecular complexity index is 636. The maximum Gasteiger partial charge on any atom is 0.410 e. The van der Waals surface area contributed by atoms with E-state index in [-0.39, 0.29) is 6.09 Å².